The summed E-state index contributed by atoms with van der Waals surface area (Å²) < 4.78 is 0. The van der Waals surface area contributed by atoms with Crippen LogP contribution in [0.25, 0.3) is 44.4 Å². The number of hydrogen-bond donors (Lipinski definition) is 11. The zero-order valence-corrected chi connectivity index (χ0v) is 32.6. The lowest BCUT2D eigenvalue weighted by Crippen LogP contribution is -2.08. The average Bonchev–Trinajstić information content (AvgIpc) is 3.84. The topological polar surface area (TPSA) is 376 Å². The number of rotatable bonds is 21. The third-order valence-electron chi connectivity index (χ3n) is 10.1. The summed E-state index contributed by atoms with van der Waals surface area (Å²) in [4.78, 5) is 112. The fraction of sp³-hybridized carbons (Fsp3) is 0.317. The predicted molar refractivity (Wildman–Crippen MR) is 213 cm³/mol. The molecule has 0 aliphatic carbocycles. The number of allylic oxidation sites excluding steroid dienone is 2. The van der Waals surface area contributed by atoms with Crippen LogP contribution in [-0.4, -0.2) is 114 Å². The third-order valence-corrected chi connectivity index (χ3v) is 10.1. The Kier molecular flexibility index (Phi) is 14.0. The van der Waals surface area contributed by atoms with Gasteiger partial charge in [-0.3, -0.25) is 38.4 Å². The molecule has 0 amide bonds. The van der Waals surface area contributed by atoms with Gasteiger partial charge in [0, 0.05) is 53.3 Å². The van der Waals surface area contributed by atoms with Crippen LogP contribution < -0.4 is 0 Å². The highest BCUT2D eigenvalue weighted by Crippen LogP contribution is 2.41. The highest BCUT2D eigenvalue weighted by atomic mass is 16.4. The Balaban J connectivity index is 2.11. The molecule has 1 atom stereocenters. The number of nitrogens with zero attached hydrogens (tertiary/aromatic N) is 2. The average molecular weight is 861 g/mol. The number of carbonyl (C=O) groups is 8. The van der Waals surface area contributed by atoms with Gasteiger partial charge < -0.3 is 55.9 Å². The first-order valence-electron chi connectivity index (χ1n) is 18.9. The lowest BCUT2D eigenvalue weighted by molar-refractivity contribution is -0.140. The number of aromatic amines is 2. The summed E-state index contributed by atoms with van der Waals surface area (Å²) >= 11 is 0. The van der Waals surface area contributed by atoms with Crippen molar-refractivity contribution in [3.8, 4) is 0 Å². The van der Waals surface area contributed by atoms with Crippen molar-refractivity contribution in [2.45, 2.75) is 83.2 Å². The van der Waals surface area contributed by atoms with Gasteiger partial charge in [-0.15, -0.1) is 0 Å². The monoisotopic (exact) mass is 860 g/mol. The molecule has 3 aromatic rings. The summed E-state index contributed by atoms with van der Waals surface area (Å²) in [6, 6.07) is 5.23. The standard InChI is InChI=1S/C41H40N4O17/c46-32(16-40(61)62)41-20(4-8-36(53)54)27-13-28-21(9-37(55)56)17(1-5-33(47)48)24(42-28)12-25-18(2-6-34(49)50)22(10-38(57)58)29(43-25)14-30-23(11-39(59)60)19(3-7-35(51)52)26(44-30)15-31(41)45-27/h12-15,32,42,45-46H,1-11,16H2,(H,47,48)(H,49,50)(H,51,52)(H,53,54)(H,55,56)(H,57,58)(H,59,60)(H,61,62). The second kappa shape index (κ2) is 19.1. The minimum absolute atomic E-state index is 0.00290. The number of hydrogen-bond acceptors (Lipinski definition) is 11. The fourth-order valence-corrected chi connectivity index (χ4v) is 7.61. The SMILES string of the molecule is O=C(O)CCC1=C(CC(=O)O)c2cc3nc(cc4[nH]c(cc5[nH]c(cc1n2)c(CCC(=O)O)c5CC(=O)O)c(CCC(=O)O)c4C(O)CC(=O)O)C(CCC(=O)O)=C3CC(=O)O. The number of aliphatic hydroxyl groups is 1. The summed E-state index contributed by atoms with van der Waals surface area (Å²) in [5, 5.41) is 90.0. The minimum atomic E-state index is -1.82. The van der Waals surface area contributed by atoms with Gasteiger partial charge in [0.1, 0.15) is 0 Å². The number of aryl methyl sites for hydroxylation is 2. The third kappa shape index (κ3) is 10.9. The molecule has 1 unspecified atom stereocenters. The van der Waals surface area contributed by atoms with Crippen molar-refractivity contribution in [1.29, 1.82) is 0 Å². The first kappa shape index (κ1) is 45.4. The molecule has 0 saturated carbocycles. The molecule has 5 rings (SSSR count). The number of aromatic nitrogens is 4. The van der Waals surface area contributed by atoms with Crippen molar-refractivity contribution < 1.29 is 84.3 Å². The van der Waals surface area contributed by atoms with E-state index in [-0.39, 0.29) is 115 Å². The number of aliphatic carboxylic acids is 8. The first-order chi connectivity index (χ1) is 29.2. The van der Waals surface area contributed by atoms with Gasteiger partial charge in [-0.2, -0.15) is 0 Å². The van der Waals surface area contributed by atoms with Crippen molar-refractivity contribution in [2.75, 3.05) is 0 Å². The van der Waals surface area contributed by atoms with E-state index in [0.717, 1.165) is 0 Å². The molecule has 2 aliphatic heterocycles. The van der Waals surface area contributed by atoms with Crippen LogP contribution in [0.4, 0.5) is 0 Å². The summed E-state index contributed by atoms with van der Waals surface area (Å²) in [7, 11) is 0. The van der Waals surface area contributed by atoms with E-state index in [1.807, 2.05) is 0 Å². The van der Waals surface area contributed by atoms with Crippen LogP contribution in [-0.2, 0) is 57.6 Å². The van der Waals surface area contributed by atoms with E-state index in [1.54, 1.807) is 0 Å². The van der Waals surface area contributed by atoms with E-state index >= 15 is 0 Å². The Bertz CT molecular complexity index is 2650. The Morgan fingerprint density at radius 2 is 0.806 bits per heavy atom. The summed E-state index contributed by atoms with van der Waals surface area (Å²) in [6.07, 6.45) is -8.20. The van der Waals surface area contributed by atoms with Crippen LogP contribution in [0.3, 0.4) is 0 Å². The molecule has 21 nitrogen and oxygen atoms in total. The summed E-state index contributed by atoms with van der Waals surface area (Å²) in [5.41, 5.74) is 0.127. The maximum absolute atomic E-state index is 12.4. The predicted octanol–water partition coefficient (Wildman–Crippen LogP) is 3.99. The van der Waals surface area contributed by atoms with Crippen LogP contribution in [0.5, 0.6) is 0 Å². The zero-order chi connectivity index (χ0) is 45.6. The van der Waals surface area contributed by atoms with Crippen molar-refractivity contribution in [3.05, 3.63) is 69.3 Å². The number of aliphatic hydroxyl groups excluding tert-OH is 1. The van der Waals surface area contributed by atoms with E-state index in [9.17, 15) is 84.3 Å². The van der Waals surface area contributed by atoms with Crippen molar-refractivity contribution in [1.82, 2.24) is 19.9 Å². The van der Waals surface area contributed by atoms with Crippen LogP contribution in [0.2, 0.25) is 0 Å². The van der Waals surface area contributed by atoms with E-state index in [1.165, 1.54) is 24.3 Å². The molecule has 11 N–H and O–H groups in total. The molecule has 0 spiro atoms. The van der Waals surface area contributed by atoms with Gasteiger partial charge in [0.05, 0.1) is 54.6 Å². The van der Waals surface area contributed by atoms with Crippen molar-refractivity contribution >= 4 is 92.1 Å². The zero-order valence-electron chi connectivity index (χ0n) is 32.6. The molecule has 0 radical (unpaired) electrons. The molecule has 21 heteroatoms. The van der Waals surface area contributed by atoms with E-state index in [4.69, 9.17) is 0 Å². The molecule has 2 aliphatic rings. The number of carboxylic acids is 8. The van der Waals surface area contributed by atoms with E-state index in [2.05, 4.69) is 19.9 Å². The Hall–Kier alpha value is -7.68. The Labute approximate surface area is 348 Å². The van der Waals surface area contributed by atoms with Crippen LogP contribution >= 0.6 is 0 Å². The summed E-state index contributed by atoms with van der Waals surface area (Å²) in [6.45, 7) is 0. The molecule has 0 fully saturated rings. The van der Waals surface area contributed by atoms with Gasteiger partial charge in [-0.05, 0) is 88.9 Å². The molecule has 0 saturated heterocycles. The van der Waals surface area contributed by atoms with Crippen LogP contribution in [0, 0.1) is 0 Å². The van der Waals surface area contributed by atoms with Crippen LogP contribution in [0.1, 0.15) is 109 Å². The molecular weight excluding hydrogens is 820 g/mol. The molecule has 62 heavy (non-hydrogen) atoms. The number of nitrogens with one attached hydrogen (secondary N) is 2. The lowest BCUT2D eigenvalue weighted by atomic mass is 9.95. The smallest absolute Gasteiger partial charge is 0.307 e. The van der Waals surface area contributed by atoms with Gasteiger partial charge in [0.2, 0.25) is 0 Å². The Morgan fingerprint density at radius 3 is 1.26 bits per heavy atom. The highest BCUT2D eigenvalue weighted by Gasteiger charge is 2.29. The fourth-order valence-electron chi connectivity index (χ4n) is 7.61. The van der Waals surface area contributed by atoms with Crippen LogP contribution in [0.15, 0.2) is 24.3 Å². The molecule has 326 valence electrons. The normalized spacial score (nSPS) is 12.9. The molecule has 0 aromatic carbocycles. The molecule has 5 heterocycles. The van der Waals surface area contributed by atoms with Gasteiger partial charge in [0.15, 0.2) is 0 Å². The van der Waals surface area contributed by atoms with Gasteiger partial charge >= 0.3 is 47.8 Å². The molecular formula is C41H40N4O17. The number of fused-ring (bicyclic) bond motifs is 8. The van der Waals surface area contributed by atoms with Crippen molar-refractivity contribution in [2.24, 2.45) is 0 Å². The van der Waals surface area contributed by atoms with E-state index < -0.39 is 105 Å². The highest BCUT2D eigenvalue weighted by molar-refractivity contribution is 6.02. The van der Waals surface area contributed by atoms with Gasteiger partial charge in [-0.1, -0.05) is 0 Å². The maximum Gasteiger partial charge on any atom is 0.307 e. The quantitative estimate of drug-likeness (QED) is 0.0721. The second-order valence-corrected chi connectivity index (χ2v) is 14.4. The second-order valence-electron chi connectivity index (χ2n) is 14.4. The largest absolute Gasteiger partial charge is 0.481 e. The van der Waals surface area contributed by atoms with E-state index in [0.29, 0.717) is 0 Å². The summed E-state index contributed by atoms with van der Waals surface area (Å²) in [5.74, 6) is -10.6. The maximum atomic E-state index is 12.4. The number of carboxylic acid groups (broad SMARTS) is 8. The van der Waals surface area contributed by atoms with Gasteiger partial charge in [-0.25, -0.2) is 9.97 Å². The molecule has 3 aromatic heterocycles. The lowest BCUT2D eigenvalue weighted by Gasteiger charge is -2.11. The number of H-pyrrole nitrogens is 2. The minimum Gasteiger partial charge on any atom is -0.481 e. The van der Waals surface area contributed by atoms with Crippen molar-refractivity contribution in [3.63, 3.8) is 0 Å². The first-order valence-corrected chi connectivity index (χ1v) is 18.9. The van der Waals surface area contributed by atoms with Gasteiger partial charge in [0.25, 0.3) is 0 Å². The molecule has 8 bridgehead atoms. The Morgan fingerprint density at radius 1 is 0.419 bits per heavy atom.